The van der Waals surface area contributed by atoms with Crippen molar-refractivity contribution < 1.29 is 18.3 Å². The maximum atomic E-state index is 12.7. The Balaban J connectivity index is 3.18. The Labute approximate surface area is 68.7 Å². The Kier molecular flexibility index (Phi) is 2.47. The van der Waals surface area contributed by atoms with E-state index in [2.05, 4.69) is 15.5 Å². The molecule has 0 amide bonds. The van der Waals surface area contributed by atoms with E-state index in [0.717, 1.165) is 0 Å². The summed E-state index contributed by atoms with van der Waals surface area (Å²) in [7, 11) is 2.54. The Morgan fingerprint density at radius 1 is 1.08 bits per heavy atom. The van der Waals surface area contributed by atoms with Crippen LogP contribution in [0.1, 0.15) is 0 Å². The molecule has 0 atom stereocenters. The molecule has 4 heteroatoms. The molecule has 12 heavy (non-hydrogen) atoms. The summed E-state index contributed by atoms with van der Waals surface area (Å²) in [5.41, 5.74) is 0. The van der Waals surface area contributed by atoms with Crippen molar-refractivity contribution in [2.75, 3.05) is 14.2 Å². The molecule has 0 N–H and O–H groups in total. The number of methoxy groups -OCH3 is 2. The van der Waals surface area contributed by atoms with Gasteiger partial charge in [-0.25, -0.2) is 8.78 Å². The molecule has 0 aliphatic rings. The van der Waals surface area contributed by atoms with Crippen LogP contribution in [0.25, 0.3) is 0 Å². The molecule has 0 saturated heterocycles. The molecule has 1 aromatic rings. The second kappa shape index (κ2) is 3.38. The average Bonchev–Trinajstić information content (AvgIpc) is 2.05. The summed E-state index contributed by atoms with van der Waals surface area (Å²) >= 11 is 0. The van der Waals surface area contributed by atoms with Crippen molar-refractivity contribution in [3.63, 3.8) is 0 Å². The summed E-state index contributed by atoms with van der Waals surface area (Å²) in [5, 5.41) is 0. The number of ether oxygens (including phenoxy) is 2. The fourth-order valence-corrected chi connectivity index (χ4v) is 0.762. The van der Waals surface area contributed by atoms with Gasteiger partial charge in [-0.05, 0) is 0 Å². The van der Waals surface area contributed by atoms with Crippen molar-refractivity contribution in [1.82, 2.24) is 0 Å². The zero-order chi connectivity index (χ0) is 9.14. The molecule has 0 unspecified atom stereocenters. The van der Waals surface area contributed by atoms with Gasteiger partial charge < -0.3 is 9.47 Å². The van der Waals surface area contributed by atoms with E-state index in [1.807, 2.05) is 0 Å². The monoisotopic (exact) mass is 173 g/mol. The van der Waals surface area contributed by atoms with Crippen LogP contribution in [0.3, 0.4) is 0 Å². The van der Waals surface area contributed by atoms with Crippen LogP contribution in [0.4, 0.5) is 8.78 Å². The lowest BCUT2D eigenvalue weighted by Crippen LogP contribution is -1.94. The van der Waals surface area contributed by atoms with Gasteiger partial charge in [0.1, 0.15) is 0 Å². The molecule has 0 aliphatic carbocycles. The zero-order valence-corrected chi connectivity index (χ0v) is 6.65. The van der Waals surface area contributed by atoms with Crippen LogP contribution in [0, 0.1) is 17.7 Å². The molecule has 1 aromatic carbocycles. The molecular formula is C8H7F2O2. The molecule has 0 aliphatic heterocycles. The Morgan fingerprint density at radius 2 is 1.50 bits per heavy atom. The summed E-state index contributed by atoms with van der Waals surface area (Å²) in [4.78, 5) is 0. The maximum Gasteiger partial charge on any atom is 0.168 e. The highest BCUT2D eigenvalue weighted by Gasteiger charge is 2.10. The number of rotatable bonds is 2. The van der Waals surface area contributed by atoms with Crippen LogP contribution < -0.4 is 9.47 Å². The highest BCUT2D eigenvalue weighted by Crippen LogP contribution is 2.25. The number of halogens is 2. The first kappa shape index (κ1) is 8.77. The van der Waals surface area contributed by atoms with Crippen molar-refractivity contribution in [3.8, 4) is 11.5 Å². The van der Waals surface area contributed by atoms with Crippen molar-refractivity contribution in [2.24, 2.45) is 0 Å². The third-order valence-corrected chi connectivity index (χ3v) is 1.32. The third kappa shape index (κ3) is 1.47. The van der Waals surface area contributed by atoms with Gasteiger partial charge in [-0.1, -0.05) is 0 Å². The van der Waals surface area contributed by atoms with Gasteiger partial charge in [0.15, 0.2) is 23.1 Å². The van der Waals surface area contributed by atoms with Gasteiger partial charge >= 0.3 is 0 Å². The van der Waals surface area contributed by atoms with E-state index in [0.29, 0.717) is 6.07 Å². The zero-order valence-electron chi connectivity index (χ0n) is 6.65. The van der Waals surface area contributed by atoms with E-state index in [-0.39, 0.29) is 11.5 Å². The molecule has 0 spiro atoms. The lowest BCUT2D eigenvalue weighted by Gasteiger charge is -2.04. The summed E-state index contributed by atoms with van der Waals surface area (Å²) in [6.07, 6.45) is 0. The minimum atomic E-state index is -0.796. The number of hydrogen-bond acceptors (Lipinski definition) is 2. The second-order valence-corrected chi connectivity index (χ2v) is 2.03. The van der Waals surface area contributed by atoms with Gasteiger partial charge in [0.25, 0.3) is 0 Å². The van der Waals surface area contributed by atoms with Crippen LogP contribution >= 0.6 is 0 Å². The summed E-state index contributed by atoms with van der Waals surface area (Å²) in [6, 6.07) is 2.97. The van der Waals surface area contributed by atoms with Gasteiger partial charge in [-0.3, -0.25) is 0 Å². The third-order valence-electron chi connectivity index (χ3n) is 1.32. The lowest BCUT2D eigenvalue weighted by molar-refractivity contribution is 0.356. The van der Waals surface area contributed by atoms with Crippen LogP contribution in [-0.4, -0.2) is 14.2 Å². The standard InChI is InChI=1S/C8H7F2O2/c1-11-7-4-8(12-2)6(10)3-5(7)9/h3H,1-2H3. The molecule has 0 bridgehead atoms. The average molecular weight is 173 g/mol. The quantitative estimate of drug-likeness (QED) is 0.678. The highest BCUT2D eigenvalue weighted by molar-refractivity contribution is 5.34. The van der Waals surface area contributed by atoms with E-state index < -0.39 is 11.6 Å². The summed E-state index contributed by atoms with van der Waals surface area (Å²) in [6.45, 7) is 0. The summed E-state index contributed by atoms with van der Waals surface area (Å²) in [5.74, 6) is -1.91. The largest absolute Gasteiger partial charge is 0.493 e. The highest BCUT2D eigenvalue weighted by atomic mass is 19.1. The van der Waals surface area contributed by atoms with E-state index in [4.69, 9.17) is 0 Å². The molecule has 0 fully saturated rings. The number of benzene rings is 1. The normalized spacial score (nSPS) is 9.67. The van der Waals surface area contributed by atoms with Crippen molar-refractivity contribution in [3.05, 3.63) is 23.8 Å². The molecule has 0 saturated carbocycles. The Morgan fingerprint density at radius 3 is 1.83 bits per heavy atom. The predicted molar refractivity (Wildman–Crippen MR) is 38.3 cm³/mol. The van der Waals surface area contributed by atoms with Crippen molar-refractivity contribution in [1.29, 1.82) is 0 Å². The first-order valence-electron chi connectivity index (χ1n) is 3.18. The molecule has 1 rings (SSSR count). The molecule has 65 valence electrons. The van der Waals surface area contributed by atoms with Gasteiger partial charge in [0.2, 0.25) is 0 Å². The summed E-state index contributed by atoms with van der Waals surface area (Å²) < 4.78 is 34.6. The first-order chi connectivity index (χ1) is 5.69. The minimum Gasteiger partial charge on any atom is -0.493 e. The van der Waals surface area contributed by atoms with E-state index in [1.165, 1.54) is 14.2 Å². The fraction of sp³-hybridized carbons (Fsp3) is 0.250. The molecule has 1 radical (unpaired) electrons. The van der Waals surface area contributed by atoms with Gasteiger partial charge in [-0.2, -0.15) is 0 Å². The SMILES string of the molecule is COc1[c]c(OC)c(F)cc1F. The van der Waals surface area contributed by atoms with Crippen molar-refractivity contribution in [2.45, 2.75) is 0 Å². The minimum absolute atomic E-state index is 0.159. The fourth-order valence-electron chi connectivity index (χ4n) is 0.762. The van der Waals surface area contributed by atoms with Gasteiger partial charge in [-0.15, -0.1) is 0 Å². The van der Waals surface area contributed by atoms with Crippen LogP contribution in [-0.2, 0) is 0 Å². The topological polar surface area (TPSA) is 18.5 Å². The Hall–Kier alpha value is -1.32. The Bertz CT molecular complexity index is 261. The lowest BCUT2D eigenvalue weighted by atomic mass is 10.3. The molecular weight excluding hydrogens is 166 g/mol. The van der Waals surface area contributed by atoms with Gasteiger partial charge in [0.05, 0.1) is 20.3 Å². The maximum absolute atomic E-state index is 12.7. The second-order valence-electron chi connectivity index (χ2n) is 2.03. The molecule has 0 heterocycles. The first-order valence-corrected chi connectivity index (χ1v) is 3.18. The van der Waals surface area contributed by atoms with E-state index in [9.17, 15) is 8.78 Å². The van der Waals surface area contributed by atoms with Crippen LogP contribution in [0.5, 0.6) is 11.5 Å². The predicted octanol–water partition coefficient (Wildman–Crippen LogP) is 1.78. The molecule has 2 nitrogen and oxygen atoms in total. The molecule has 0 aromatic heterocycles. The number of hydrogen-bond donors (Lipinski definition) is 0. The van der Waals surface area contributed by atoms with Crippen LogP contribution in [0.15, 0.2) is 6.07 Å². The van der Waals surface area contributed by atoms with E-state index in [1.54, 1.807) is 0 Å². The van der Waals surface area contributed by atoms with Gasteiger partial charge in [0, 0.05) is 6.07 Å². The van der Waals surface area contributed by atoms with E-state index >= 15 is 0 Å². The van der Waals surface area contributed by atoms with Crippen LogP contribution in [0.2, 0.25) is 0 Å². The van der Waals surface area contributed by atoms with Crippen molar-refractivity contribution >= 4 is 0 Å². The smallest absolute Gasteiger partial charge is 0.168 e.